The number of aromatic nitrogens is 2. The van der Waals surface area contributed by atoms with Gasteiger partial charge in [0.25, 0.3) is 5.91 Å². The Hall–Kier alpha value is -1.82. The molecule has 2 unspecified atom stereocenters. The van der Waals surface area contributed by atoms with E-state index >= 15 is 0 Å². The Labute approximate surface area is 152 Å². The summed E-state index contributed by atoms with van der Waals surface area (Å²) in [5, 5.41) is 6.29. The number of nitrogen functional groups attached to an aromatic ring is 1. The topological polar surface area (TPSA) is 64.2 Å². The van der Waals surface area contributed by atoms with Crippen LogP contribution in [0.2, 0.25) is 0 Å². The average Bonchev–Trinajstić information content (AvgIpc) is 3.19. The molecule has 0 bridgehead atoms. The molecule has 2 atom stereocenters. The number of thiophene rings is 1. The van der Waals surface area contributed by atoms with E-state index in [0.29, 0.717) is 12.0 Å². The number of carbonyl (C=O) groups excluding carboxylic acids is 1. The van der Waals surface area contributed by atoms with Gasteiger partial charge in [0, 0.05) is 28.4 Å². The Morgan fingerprint density at radius 3 is 2.76 bits per heavy atom. The highest BCUT2D eigenvalue weighted by atomic mass is 32.1. The minimum absolute atomic E-state index is 0.203. The lowest BCUT2D eigenvalue weighted by molar-refractivity contribution is 0.0391. The van der Waals surface area contributed by atoms with Crippen LogP contribution in [0.3, 0.4) is 0 Å². The number of amides is 1. The van der Waals surface area contributed by atoms with E-state index in [2.05, 4.69) is 10.00 Å². The summed E-state index contributed by atoms with van der Waals surface area (Å²) in [7, 11) is 0. The van der Waals surface area contributed by atoms with Gasteiger partial charge >= 0.3 is 0 Å². The van der Waals surface area contributed by atoms with Crippen LogP contribution < -0.4 is 5.84 Å². The van der Waals surface area contributed by atoms with Crippen LogP contribution in [0.15, 0.2) is 11.4 Å². The number of nitrogens with two attached hydrogens (primary N) is 1. The molecule has 1 saturated heterocycles. The number of hydrogen-bond acceptors (Lipinski definition) is 4. The van der Waals surface area contributed by atoms with E-state index in [-0.39, 0.29) is 5.91 Å². The molecule has 0 spiro atoms. The number of carbonyl (C=O) groups is 1. The quantitative estimate of drug-likeness (QED) is 0.832. The molecule has 2 aliphatic rings. The maximum Gasteiger partial charge on any atom is 0.254 e. The Kier molecular flexibility index (Phi) is 4.31. The summed E-state index contributed by atoms with van der Waals surface area (Å²) in [4.78, 5) is 17.8. The number of likely N-dealkylation sites (tertiary alicyclic amines) is 1. The van der Waals surface area contributed by atoms with Crippen LogP contribution in [0.25, 0.3) is 10.4 Å². The highest BCUT2D eigenvalue weighted by Gasteiger charge is 2.36. The lowest BCUT2D eigenvalue weighted by atomic mass is 9.78. The molecule has 6 heteroatoms. The van der Waals surface area contributed by atoms with Crippen molar-refractivity contribution >= 4 is 17.2 Å². The fourth-order valence-corrected chi connectivity index (χ4v) is 5.67. The number of piperidine rings is 1. The zero-order valence-electron chi connectivity index (χ0n) is 15.0. The van der Waals surface area contributed by atoms with Gasteiger partial charge in [-0.1, -0.05) is 12.8 Å². The molecular weight excluding hydrogens is 332 g/mol. The zero-order chi connectivity index (χ0) is 17.6. The van der Waals surface area contributed by atoms with E-state index in [9.17, 15) is 4.79 Å². The van der Waals surface area contributed by atoms with Gasteiger partial charge < -0.3 is 10.7 Å². The Morgan fingerprint density at radius 1 is 1.24 bits per heavy atom. The third-order valence-electron chi connectivity index (χ3n) is 5.92. The molecule has 1 saturated carbocycles. The summed E-state index contributed by atoms with van der Waals surface area (Å²) in [6, 6.07) is 2.48. The van der Waals surface area contributed by atoms with Crippen molar-refractivity contribution in [2.24, 2.45) is 5.92 Å². The van der Waals surface area contributed by atoms with E-state index in [1.54, 1.807) is 11.3 Å². The fraction of sp³-hybridized carbons (Fsp3) is 0.579. The number of hydrogen-bond donors (Lipinski definition) is 1. The molecule has 2 fully saturated rings. The average molecular weight is 359 g/mol. The summed E-state index contributed by atoms with van der Waals surface area (Å²) in [6.07, 6.45) is 7.48. The van der Waals surface area contributed by atoms with Crippen molar-refractivity contribution in [3.63, 3.8) is 0 Å². The first kappa shape index (κ1) is 16.6. The van der Waals surface area contributed by atoms with Gasteiger partial charge in [0.2, 0.25) is 0 Å². The first-order valence-electron chi connectivity index (χ1n) is 9.27. The van der Waals surface area contributed by atoms with Gasteiger partial charge in [-0.25, -0.2) is 0 Å². The number of fused-ring (bicyclic) bond motifs is 1. The van der Waals surface area contributed by atoms with Gasteiger partial charge in [-0.3, -0.25) is 4.79 Å². The molecule has 0 radical (unpaired) electrons. The standard InChI is InChI=1S/C19H26N4OS/c1-12-18(13(2)23(20)21-12)17-10-15(11-25-17)19(24)22-9-5-7-14-6-3-4-8-16(14)22/h10-11,14,16H,3-9,20H2,1-2H3. The van der Waals surface area contributed by atoms with Crippen LogP contribution >= 0.6 is 11.3 Å². The molecule has 5 nitrogen and oxygen atoms in total. The highest BCUT2D eigenvalue weighted by Crippen LogP contribution is 2.37. The van der Waals surface area contributed by atoms with Crippen LogP contribution in [0.1, 0.15) is 60.3 Å². The van der Waals surface area contributed by atoms with Gasteiger partial charge in [-0.05, 0) is 51.5 Å². The van der Waals surface area contributed by atoms with Crippen molar-refractivity contribution < 1.29 is 4.79 Å². The van der Waals surface area contributed by atoms with Crippen LogP contribution in [-0.4, -0.2) is 33.3 Å². The smallest absolute Gasteiger partial charge is 0.254 e. The van der Waals surface area contributed by atoms with Gasteiger partial charge in [-0.15, -0.1) is 11.3 Å². The Balaban J connectivity index is 1.60. The highest BCUT2D eigenvalue weighted by molar-refractivity contribution is 7.13. The molecule has 2 aromatic heterocycles. The van der Waals surface area contributed by atoms with Crippen molar-refractivity contribution in [2.45, 2.75) is 58.4 Å². The lowest BCUT2D eigenvalue weighted by Crippen LogP contribution is -2.49. The maximum atomic E-state index is 13.2. The van der Waals surface area contributed by atoms with Gasteiger partial charge in [0.05, 0.1) is 17.0 Å². The van der Waals surface area contributed by atoms with Crippen molar-refractivity contribution in [3.05, 3.63) is 28.4 Å². The van der Waals surface area contributed by atoms with Gasteiger partial charge in [-0.2, -0.15) is 9.89 Å². The SMILES string of the molecule is Cc1nn(N)c(C)c1-c1cc(C(=O)N2CCCC3CCCCC32)cs1. The molecule has 1 aliphatic carbocycles. The zero-order valence-corrected chi connectivity index (χ0v) is 15.8. The first-order chi connectivity index (χ1) is 12.1. The van der Waals surface area contributed by atoms with E-state index in [1.165, 1.54) is 36.9 Å². The summed E-state index contributed by atoms with van der Waals surface area (Å²) in [5.41, 5.74) is 3.71. The predicted molar refractivity (Wildman–Crippen MR) is 101 cm³/mol. The minimum Gasteiger partial charge on any atom is -0.335 e. The molecule has 0 aromatic carbocycles. The molecule has 25 heavy (non-hydrogen) atoms. The van der Waals surface area contributed by atoms with Crippen LogP contribution in [-0.2, 0) is 0 Å². The van der Waals surface area contributed by atoms with E-state index < -0.39 is 0 Å². The molecule has 2 N–H and O–H groups in total. The third-order valence-corrected chi connectivity index (χ3v) is 6.87. The number of rotatable bonds is 2. The van der Waals surface area contributed by atoms with E-state index in [0.717, 1.165) is 40.4 Å². The molecule has 3 heterocycles. The summed E-state index contributed by atoms with van der Waals surface area (Å²) < 4.78 is 0. The predicted octanol–water partition coefficient (Wildman–Crippen LogP) is 3.74. The molecule has 2 aromatic rings. The Bertz CT molecular complexity index is 791. The number of nitrogens with zero attached hydrogens (tertiary/aromatic N) is 3. The second-order valence-corrected chi connectivity index (χ2v) is 8.35. The Morgan fingerprint density at radius 2 is 2.00 bits per heavy atom. The second kappa shape index (κ2) is 6.48. The van der Waals surface area contributed by atoms with Crippen molar-refractivity contribution in [3.8, 4) is 10.4 Å². The molecule has 134 valence electrons. The maximum absolute atomic E-state index is 13.2. The molecule has 1 amide bonds. The molecule has 4 rings (SSSR count). The van der Waals surface area contributed by atoms with Crippen LogP contribution in [0, 0.1) is 19.8 Å². The number of aryl methyl sites for hydroxylation is 1. The lowest BCUT2D eigenvalue weighted by Gasteiger charge is -2.44. The third kappa shape index (κ3) is 2.86. The first-order valence-corrected chi connectivity index (χ1v) is 10.2. The summed E-state index contributed by atoms with van der Waals surface area (Å²) >= 11 is 1.61. The van der Waals surface area contributed by atoms with E-state index in [1.807, 2.05) is 25.3 Å². The minimum atomic E-state index is 0.203. The molecular formula is C19H26N4OS. The summed E-state index contributed by atoms with van der Waals surface area (Å²) in [5.74, 6) is 6.79. The van der Waals surface area contributed by atoms with Crippen molar-refractivity contribution in [2.75, 3.05) is 12.4 Å². The van der Waals surface area contributed by atoms with Gasteiger partial charge in [0.1, 0.15) is 0 Å². The van der Waals surface area contributed by atoms with Crippen molar-refractivity contribution in [1.82, 2.24) is 14.8 Å². The molecule has 1 aliphatic heterocycles. The largest absolute Gasteiger partial charge is 0.335 e. The normalized spacial score (nSPS) is 23.5. The van der Waals surface area contributed by atoms with Crippen LogP contribution in [0.4, 0.5) is 0 Å². The second-order valence-electron chi connectivity index (χ2n) is 7.44. The van der Waals surface area contributed by atoms with Gasteiger partial charge in [0.15, 0.2) is 0 Å². The fourth-order valence-electron chi connectivity index (χ4n) is 4.64. The summed E-state index contributed by atoms with van der Waals surface area (Å²) in [6.45, 7) is 4.84. The van der Waals surface area contributed by atoms with E-state index in [4.69, 9.17) is 5.84 Å². The van der Waals surface area contributed by atoms with Crippen molar-refractivity contribution in [1.29, 1.82) is 0 Å². The monoisotopic (exact) mass is 358 g/mol. The van der Waals surface area contributed by atoms with Crippen LogP contribution in [0.5, 0.6) is 0 Å².